The van der Waals surface area contributed by atoms with Gasteiger partial charge in [0, 0.05) is 122 Å². The SMILES string of the molecule is CC(C)C1CCCCN1.CC(C)C1CCCN1.CC(C)C1CCNCC1.CC(C)C1CCc2ccccc2N1.CC(C)C1Cc2ccccc2N1.CC(C)N1CCCC1.CC(C)N1CCCCC1.CC(C)N1CCCc2ccccc21.CC(C)N1CCc2ccccc21.CC(C)N1CCc2ccccc2C1.CC(C)N1Cc2ccccc2C1. The smallest absolute Gasteiger partial charge is 0.0401 e. The molecule has 6 aromatic carbocycles. The lowest BCUT2D eigenvalue weighted by molar-refractivity contribution is 0.185. The molecule has 0 aliphatic carbocycles. The van der Waals surface area contributed by atoms with E-state index >= 15 is 0 Å². The standard InChI is InChI=1S/3C12H17N.3C11H15N.3C8H17N.2C7H15N/c1-10(2)13-9-5-7-11-6-3-4-8-12(11)13;1-10(2)13-8-7-11-5-3-4-6-12(11)9-13;1-9(2)11-8-7-10-5-3-4-6-12(10)13-11;1-9(2)12-7-10-5-3-4-6-11(10)8-12;1-9(2)12-8-7-10-5-3-4-6-11(10)12;1-8(2)11-7-9-5-3-4-6-10(9)12-11;1-7(2)8-3-5-9-6-4-8;1-8(2)9-6-4-3-5-7-9;1-7(2)8-5-3-4-6-9-8;1-7(2)8-5-3-4-6-8;1-6(2)7-4-3-5-8-7/h3-4,6,8,10H,5,7,9H2,1-2H3;3-6,10H,7-9H2,1-2H3;3-6,9,11,13H,7-8H2,1-2H3;2*3-6,9H,7-8H2,1-2H3;3-6,8,11-12H,7H2,1-2H3;7-9H,3-6H2,1-2H3;8H,3-7H2,1-2H3;7-9H,3-6H2,1-2H3;7H,3-6H2,1-2H3;6-8H,3-5H2,1-2H3. The number of para-hydroxylation sites is 4. The van der Waals surface area contributed by atoms with Crippen molar-refractivity contribution in [2.75, 3.05) is 92.4 Å². The van der Waals surface area contributed by atoms with E-state index < -0.39 is 0 Å². The van der Waals surface area contributed by atoms with Gasteiger partial charge in [0.15, 0.2) is 0 Å². The summed E-state index contributed by atoms with van der Waals surface area (Å²) in [5.74, 6) is 4.99. The third-order valence-electron chi connectivity index (χ3n) is 26.7. The van der Waals surface area contributed by atoms with Crippen molar-refractivity contribution in [2.24, 2.45) is 35.5 Å². The van der Waals surface area contributed by atoms with Crippen molar-refractivity contribution >= 4 is 22.7 Å². The lowest BCUT2D eigenvalue weighted by Gasteiger charge is -2.34. The van der Waals surface area contributed by atoms with Crippen LogP contribution in [-0.4, -0.2) is 152 Å². The average Bonchev–Trinajstić information content (AvgIpc) is 1.26. The van der Waals surface area contributed by atoms with Gasteiger partial charge in [0.1, 0.15) is 0 Å². The van der Waals surface area contributed by atoms with E-state index in [1.54, 1.807) is 5.56 Å². The Kier molecular flexibility index (Phi) is 45.5. The Bertz CT molecular complexity index is 3350. The largest absolute Gasteiger partial charge is 0.382 e. The molecule has 5 fully saturated rings. The number of anilines is 4. The molecule has 0 saturated carbocycles. The molecule has 660 valence electrons. The van der Waals surface area contributed by atoms with Crippen molar-refractivity contribution in [3.05, 3.63) is 190 Å². The first-order chi connectivity index (χ1) is 56.7. The van der Waals surface area contributed by atoms with Gasteiger partial charge in [0.25, 0.3) is 0 Å². The minimum Gasteiger partial charge on any atom is -0.382 e. The summed E-state index contributed by atoms with van der Waals surface area (Å²) in [6.07, 6.45) is 25.5. The number of rotatable bonds is 11. The molecule has 118 heavy (non-hydrogen) atoms. The number of piperidine rings is 3. The van der Waals surface area contributed by atoms with E-state index in [9.17, 15) is 0 Å². The van der Waals surface area contributed by atoms with Gasteiger partial charge in [-0.1, -0.05) is 203 Å². The topological polar surface area (TPSA) is 79.6 Å². The van der Waals surface area contributed by atoms with Gasteiger partial charge >= 0.3 is 0 Å². The number of hydrogen-bond acceptors (Lipinski definition) is 11. The first-order valence-electron chi connectivity index (χ1n) is 48.3. The molecule has 11 heterocycles. The Morgan fingerprint density at radius 2 is 0.644 bits per heavy atom. The molecule has 0 spiro atoms. The second-order valence-corrected chi connectivity index (χ2v) is 39.2. The predicted molar refractivity (Wildman–Crippen MR) is 519 cm³/mol. The van der Waals surface area contributed by atoms with Crippen molar-refractivity contribution < 1.29 is 0 Å². The van der Waals surface area contributed by atoms with Crippen molar-refractivity contribution in [2.45, 2.75) is 354 Å². The van der Waals surface area contributed by atoms with Crippen LogP contribution in [0.3, 0.4) is 0 Å². The van der Waals surface area contributed by atoms with Crippen LogP contribution in [0, 0.1) is 35.5 Å². The minimum absolute atomic E-state index is 0.626. The van der Waals surface area contributed by atoms with Crippen molar-refractivity contribution in [1.82, 2.24) is 35.6 Å². The van der Waals surface area contributed by atoms with Gasteiger partial charge in [-0.15, -0.1) is 0 Å². The maximum absolute atomic E-state index is 3.60. The van der Waals surface area contributed by atoms with Crippen LogP contribution in [0.1, 0.15) is 287 Å². The molecule has 0 aromatic heterocycles. The zero-order valence-electron chi connectivity index (χ0n) is 79.6. The summed E-state index contributed by atoms with van der Waals surface area (Å²) in [6.45, 7) is 67.4. The summed E-state index contributed by atoms with van der Waals surface area (Å²) in [5.41, 5.74) is 17.6. The number of benzene rings is 6. The fourth-order valence-corrected chi connectivity index (χ4v) is 18.3. The maximum Gasteiger partial charge on any atom is 0.0401 e. The lowest BCUT2D eigenvalue weighted by Crippen LogP contribution is -2.37. The van der Waals surface area contributed by atoms with Gasteiger partial charge in [0.2, 0.25) is 0 Å². The average molecular weight is 1620 g/mol. The van der Waals surface area contributed by atoms with E-state index in [0.29, 0.717) is 36.3 Å². The first-order valence-corrected chi connectivity index (χ1v) is 48.3. The van der Waals surface area contributed by atoms with Crippen LogP contribution in [0.5, 0.6) is 0 Å². The van der Waals surface area contributed by atoms with E-state index in [4.69, 9.17) is 0 Å². The highest BCUT2D eigenvalue weighted by atomic mass is 15.2. The van der Waals surface area contributed by atoms with Gasteiger partial charge in [-0.2, -0.15) is 0 Å². The molecule has 17 rings (SSSR count). The molecule has 11 nitrogen and oxygen atoms in total. The quantitative estimate of drug-likeness (QED) is 0.0861. The Balaban J connectivity index is 0.000000180. The second-order valence-electron chi connectivity index (χ2n) is 39.2. The molecule has 4 unspecified atom stereocenters. The van der Waals surface area contributed by atoms with Crippen molar-refractivity contribution in [3.63, 3.8) is 0 Å². The number of hydrogen-bond donors (Lipinski definition) is 5. The second kappa shape index (κ2) is 54.0. The molecule has 11 heteroatoms. The normalized spacial score (nSPS) is 20.7. The zero-order chi connectivity index (χ0) is 85.5. The molecule has 0 amide bonds. The monoisotopic (exact) mass is 1620 g/mol. The summed E-state index contributed by atoms with van der Waals surface area (Å²) in [4.78, 5) is 15.1. The molecule has 4 atom stereocenters. The van der Waals surface area contributed by atoms with Crippen LogP contribution in [0.15, 0.2) is 146 Å². The number of aryl methyl sites for hydroxylation is 2. The lowest BCUT2D eigenvalue weighted by atomic mass is 9.87. The highest BCUT2D eigenvalue weighted by Crippen LogP contribution is 2.33. The Labute approximate surface area is 726 Å². The van der Waals surface area contributed by atoms with Crippen LogP contribution in [0.25, 0.3) is 0 Å². The third-order valence-corrected chi connectivity index (χ3v) is 26.7. The van der Waals surface area contributed by atoms with Gasteiger partial charge in [-0.3, -0.25) is 9.80 Å². The third kappa shape index (κ3) is 34.5. The molecular formula is C107H177N11. The minimum atomic E-state index is 0.626. The molecule has 0 bridgehead atoms. The molecule has 0 radical (unpaired) electrons. The number of nitrogens with one attached hydrogen (secondary N) is 5. The van der Waals surface area contributed by atoms with Crippen molar-refractivity contribution in [1.29, 1.82) is 0 Å². The van der Waals surface area contributed by atoms with E-state index in [-0.39, 0.29) is 0 Å². The van der Waals surface area contributed by atoms with Crippen LogP contribution >= 0.6 is 0 Å². The highest BCUT2D eigenvalue weighted by molar-refractivity contribution is 5.59. The highest BCUT2D eigenvalue weighted by Gasteiger charge is 2.27. The first kappa shape index (κ1) is 99.3. The van der Waals surface area contributed by atoms with Crippen LogP contribution in [0.4, 0.5) is 22.7 Å². The molecule has 6 aromatic rings. The number of likely N-dealkylation sites (tertiary alicyclic amines) is 2. The summed E-state index contributed by atoms with van der Waals surface area (Å²) in [7, 11) is 0. The van der Waals surface area contributed by atoms with E-state index in [1.807, 2.05) is 0 Å². The Morgan fingerprint density at radius 3 is 1.08 bits per heavy atom. The molecule has 11 aliphatic heterocycles. The summed E-state index contributed by atoms with van der Waals surface area (Å²) in [6, 6.07) is 59.3. The van der Waals surface area contributed by atoms with Gasteiger partial charge in [0.05, 0.1) is 0 Å². The van der Waals surface area contributed by atoms with E-state index in [2.05, 4.69) is 354 Å². The maximum atomic E-state index is 3.60. The van der Waals surface area contributed by atoms with E-state index in [1.165, 1.54) is 256 Å². The van der Waals surface area contributed by atoms with Gasteiger partial charge in [-0.05, 0) is 349 Å². The van der Waals surface area contributed by atoms with Crippen LogP contribution in [0.2, 0.25) is 0 Å². The van der Waals surface area contributed by atoms with Crippen molar-refractivity contribution in [3.8, 4) is 0 Å². The Hall–Kier alpha value is -5.76. The van der Waals surface area contributed by atoms with E-state index in [0.717, 1.165) is 79.3 Å². The number of nitrogens with zero attached hydrogens (tertiary/aromatic N) is 6. The van der Waals surface area contributed by atoms with Gasteiger partial charge < -0.3 is 46.2 Å². The molecular weight excluding hydrogens is 1440 g/mol. The van der Waals surface area contributed by atoms with Crippen LogP contribution in [-0.2, 0) is 51.7 Å². The fraction of sp³-hybridized carbons (Fsp3) is 0.664. The summed E-state index contributed by atoms with van der Waals surface area (Å²) >= 11 is 0. The van der Waals surface area contributed by atoms with Gasteiger partial charge in [-0.25, -0.2) is 0 Å². The fourth-order valence-electron chi connectivity index (χ4n) is 18.3. The summed E-state index contributed by atoms with van der Waals surface area (Å²) in [5, 5.41) is 17.5. The Morgan fingerprint density at radius 1 is 0.254 bits per heavy atom. The zero-order valence-corrected chi connectivity index (χ0v) is 79.6. The van der Waals surface area contributed by atoms with Crippen LogP contribution < -0.4 is 36.4 Å². The predicted octanol–water partition coefficient (Wildman–Crippen LogP) is 24.1. The number of fused-ring (bicyclic) bond motifs is 6. The summed E-state index contributed by atoms with van der Waals surface area (Å²) < 4.78 is 0. The molecule has 11 aliphatic rings. The molecule has 5 N–H and O–H groups in total. The molecule has 5 saturated heterocycles.